The molecule has 0 aliphatic rings. The highest BCUT2D eigenvalue weighted by atomic mass is 79.9. The van der Waals surface area contributed by atoms with Gasteiger partial charge in [0.1, 0.15) is 0 Å². The number of hydrogen-bond donors (Lipinski definition) is 2. The molecule has 14 heavy (non-hydrogen) atoms. The van der Waals surface area contributed by atoms with Crippen LogP contribution in [0.1, 0.15) is 6.92 Å². The zero-order valence-electron chi connectivity index (χ0n) is 7.75. The molecule has 1 aromatic carbocycles. The molecule has 4 heteroatoms. The van der Waals surface area contributed by atoms with Crippen molar-refractivity contribution in [1.29, 1.82) is 0 Å². The molecular weight excluding hydrogens is 244 g/mol. The van der Waals surface area contributed by atoms with Crippen molar-refractivity contribution < 1.29 is 4.79 Å². The molecule has 0 saturated carbocycles. The second kappa shape index (κ2) is 4.81. The highest BCUT2D eigenvalue weighted by Gasteiger charge is 1.98. The van der Waals surface area contributed by atoms with Crippen LogP contribution < -0.4 is 11.1 Å². The van der Waals surface area contributed by atoms with E-state index in [1.807, 2.05) is 18.2 Å². The number of ketones is 1. The maximum absolute atomic E-state index is 10.9. The van der Waals surface area contributed by atoms with Gasteiger partial charge in [-0.05, 0) is 35.0 Å². The zero-order chi connectivity index (χ0) is 10.6. The second-order valence-corrected chi connectivity index (χ2v) is 3.63. The number of nitrogens with two attached hydrogens (primary N) is 1. The number of anilines is 2. The number of rotatable bonds is 3. The lowest BCUT2D eigenvalue weighted by Gasteiger charge is -2.04. The summed E-state index contributed by atoms with van der Waals surface area (Å²) in [5.41, 5.74) is 7.12. The van der Waals surface area contributed by atoms with Crippen LogP contribution in [0.25, 0.3) is 0 Å². The summed E-state index contributed by atoms with van der Waals surface area (Å²) in [5, 5.41) is 2.94. The molecule has 3 N–H and O–H groups in total. The van der Waals surface area contributed by atoms with Crippen molar-refractivity contribution in [3.8, 4) is 0 Å². The number of benzene rings is 1. The average molecular weight is 255 g/mol. The molecule has 0 aliphatic carbocycles. The number of hydrogen-bond acceptors (Lipinski definition) is 3. The van der Waals surface area contributed by atoms with Crippen molar-refractivity contribution in [2.45, 2.75) is 6.92 Å². The predicted molar refractivity (Wildman–Crippen MR) is 62.2 cm³/mol. The Morgan fingerprint density at radius 3 is 2.71 bits per heavy atom. The molecule has 0 amide bonds. The quantitative estimate of drug-likeness (QED) is 0.644. The summed E-state index contributed by atoms with van der Waals surface area (Å²) < 4.78 is 0.487. The zero-order valence-corrected chi connectivity index (χ0v) is 9.34. The molecule has 0 fully saturated rings. The molecule has 0 saturated heterocycles. The van der Waals surface area contributed by atoms with Gasteiger partial charge in [-0.15, -0.1) is 0 Å². The second-order valence-electron chi connectivity index (χ2n) is 2.78. The highest BCUT2D eigenvalue weighted by Crippen LogP contribution is 2.17. The monoisotopic (exact) mass is 254 g/mol. The Balaban J connectivity index is 2.76. The molecule has 0 unspecified atom stereocenters. The Morgan fingerprint density at radius 1 is 1.50 bits per heavy atom. The Morgan fingerprint density at radius 2 is 2.14 bits per heavy atom. The van der Waals surface area contributed by atoms with Crippen molar-refractivity contribution >= 4 is 33.1 Å². The summed E-state index contributed by atoms with van der Waals surface area (Å²) in [6.45, 7) is 1.48. The van der Waals surface area contributed by atoms with Crippen LogP contribution in [-0.4, -0.2) is 5.78 Å². The number of halogens is 1. The Kier molecular flexibility index (Phi) is 3.71. The topological polar surface area (TPSA) is 55.1 Å². The Labute approximate surface area is 91.1 Å². The molecule has 0 bridgehead atoms. The number of para-hydroxylation sites is 2. The van der Waals surface area contributed by atoms with Gasteiger partial charge in [0.2, 0.25) is 0 Å². The van der Waals surface area contributed by atoms with Crippen molar-refractivity contribution in [1.82, 2.24) is 0 Å². The molecule has 74 valence electrons. The molecular formula is C10H11BrN2O. The molecule has 1 rings (SSSR count). The van der Waals surface area contributed by atoms with Gasteiger partial charge < -0.3 is 11.1 Å². The first-order valence-corrected chi connectivity index (χ1v) is 4.88. The number of nitrogen functional groups attached to an aromatic ring is 1. The normalized spacial score (nSPS) is 11.1. The van der Waals surface area contributed by atoms with Crippen LogP contribution in [0.4, 0.5) is 11.4 Å². The molecule has 1 aromatic rings. The van der Waals surface area contributed by atoms with Crippen molar-refractivity contribution in [2.24, 2.45) is 0 Å². The standard InChI is InChI=1S/C10H11BrN2O/c1-7(14)8(11)6-13-10-5-3-2-4-9(10)12/h2-6,13H,12H2,1H3/b8-6-. The lowest BCUT2D eigenvalue weighted by Crippen LogP contribution is -1.97. The van der Waals surface area contributed by atoms with E-state index in [2.05, 4.69) is 21.2 Å². The van der Waals surface area contributed by atoms with Gasteiger partial charge in [0.15, 0.2) is 5.78 Å². The first-order chi connectivity index (χ1) is 6.61. The largest absolute Gasteiger partial charge is 0.397 e. The van der Waals surface area contributed by atoms with Crippen LogP contribution in [0.2, 0.25) is 0 Å². The molecule has 0 atom stereocenters. The molecule has 0 radical (unpaired) electrons. The first kappa shape index (κ1) is 10.8. The minimum Gasteiger partial charge on any atom is -0.397 e. The number of allylic oxidation sites excluding steroid dienone is 1. The fourth-order valence-corrected chi connectivity index (χ4v) is 0.986. The van der Waals surface area contributed by atoms with Crippen LogP contribution >= 0.6 is 15.9 Å². The van der Waals surface area contributed by atoms with E-state index in [1.54, 1.807) is 12.3 Å². The van der Waals surface area contributed by atoms with Gasteiger partial charge in [0, 0.05) is 6.20 Å². The third-order valence-electron chi connectivity index (χ3n) is 1.65. The maximum atomic E-state index is 10.9. The number of carbonyl (C=O) groups excluding carboxylic acids is 1. The molecule has 0 aliphatic heterocycles. The van der Waals surface area contributed by atoms with Crippen molar-refractivity contribution in [3.63, 3.8) is 0 Å². The van der Waals surface area contributed by atoms with Crippen LogP contribution in [0.3, 0.4) is 0 Å². The highest BCUT2D eigenvalue weighted by molar-refractivity contribution is 9.12. The van der Waals surface area contributed by atoms with E-state index in [4.69, 9.17) is 5.73 Å². The van der Waals surface area contributed by atoms with Crippen molar-refractivity contribution in [3.05, 3.63) is 34.9 Å². The van der Waals surface area contributed by atoms with E-state index >= 15 is 0 Å². The van der Waals surface area contributed by atoms with E-state index in [0.717, 1.165) is 5.69 Å². The van der Waals surface area contributed by atoms with E-state index < -0.39 is 0 Å². The van der Waals surface area contributed by atoms with Crippen LogP contribution in [0, 0.1) is 0 Å². The fraction of sp³-hybridized carbons (Fsp3) is 0.100. The summed E-state index contributed by atoms with van der Waals surface area (Å²) >= 11 is 3.13. The van der Waals surface area contributed by atoms with Crippen LogP contribution in [-0.2, 0) is 4.79 Å². The third kappa shape index (κ3) is 2.88. The van der Waals surface area contributed by atoms with E-state index in [0.29, 0.717) is 10.2 Å². The first-order valence-electron chi connectivity index (χ1n) is 4.09. The van der Waals surface area contributed by atoms with Gasteiger partial charge in [-0.1, -0.05) is 12.1 Å². The maximum Gasteiger partial charge on any atom is 0.168 e. The predicted octanol–water partition coefficient (Wildman–Crippen LogP) is 2.51. The average Bonchev–Trinajstić information content (AvgIpc) is 2.16. The summed E-state index contributed by atoms with van der Waals surface area (Å²) in [6.07, 6.45) is 1.58. The Hall–Kier alpha value is -1.29. The fourth-order valence-electron chi connectivity index (χ4n) is 0.871. The van der Waals surface area contributed by atoms with Gasteiger partial charge in [0.05, 0.1) is 15.9 Å². The third-order valence-corrected chi connectivity index (χ3v) is 2.44. The lowest BCUT2D eigenvalue weighted by atomic mass is 10.3. The number of nitrogens with one attached hydrogen (secondary N) is 1. The van der Waals surface area contributed by atoms with Gasteiger partial charge in [-0.25, -0.2) is 0 Å². The molecule has 0 heterocycles. The SMILES string of the molecule is CC(=O)/C(Br)=C/Nc1ccccc1N. The summed E-state index contributed by atoms with van der Waals surface area (Å²) in [6, 6.07) is 7.35. The van der Waals surface area contributed by atoms with Gasteiger partial charge in [-0.2, -0.15) is 0 Å². The number of Topliss-reactive ketones (excluding diaryl/α,β-unsaturated/α-hetero) is 1. The van der Waals surface area contributed by atoms with Gasteiger partial charge in [0.25, 0.3) is 0 Å². The minimum absolute atomic E-state index is 0.0352. The molecule has 0 aromatic heterocycles. The smallest absolute Gasteiger partial charge is 0.168 e. The van der Waals surface area contributed by atoms with E-state index in [9.17, 15) is 4.79 Å². The van der Waals surface area contributed by atoms with E-state index in [1.165, 1.54) is 6.92 Å². The number of carbonyl (C=O) groups is 1. The van der Waals surface area contributed by atoms with Gasteiger partial charge in [-0.3, -0.25) is 4.79 Å². The van der Waals surface area contributed by atoms with Gasteiger partial charge >= 0.3 is 0 Å². The summed E-state index contributed by atoms with van der Waals surface area (Å²) in [4.78, 5) is 10.9. The lowest BCUT2D eigenvalue weighted by molar-refractivity contribution is -0.112. The molecule has 3 nitrogen and oxygen atoms in total. The Bertz CT molecular complexity index is 374. The van der Waals surface area contributed by atoms with Crippen molar-refractivity contribution in [2.75, 3.05) is 11.1 Å². The van der Waals surface area contributed by atoms with E-state index in [-0.39, 0.29) is 5.78 Å². The van der Waals surface area contributed by atoms with Crippen LogP contribution in [0.5, 0.6) is 0 Å². The van der Waals surface area contributed by atoms with Crippen LogP contribution in [0.15, 0.2) is 34.9 Å². The summed E-state index contributed by atoms with van der Waals surface area (Å²) in [5.74, 6) is -0.0352. The minimum atomic E-state index is -0.0352. The summed E-state index contributed by atoms with van der Waals surface area (Å²) in [7, 11) is 0. The molecule has 0 spiro atoms.